The van der Waals surface area contributed by atoms with Crippen molar-refractivity contribution in [1.29, 1.82) is 0 Å². The number of anilines is 1. The van der Waals surface area contributed by atoms with Gasteiger partial charge in [-0.3, -0.25) is 0 Å². The third-order valence-electron chi connectivity index (χ3n) is 4.85. The normalized spacial score (nSPS) is 10.9. The second kappa shape index (κ2) is 8.05. The molecule has 0 saturated heterocycles. The van der Waals surface area contributed by atoms with Gasteiger partial charge in [-0.25, -0.2) is 15.0 Å². The molecule has 0 radical (unpaired) electrons. The van der Waals surface area contributed by atoms with E-state index in [1.165, 1.54) is 11.9 Å². The number of hydrogen-bond acceptors (Lipinski definition) is 5. The molecule has 4 aromatic rings. The molecule has 5 nitrogen and oxygen atoms in total. The Labute approximate surface area is 164 Å². The first-order chi connectivity index (χ1) is 13.7. The van der Waals surface area contributed by atoms with Crippen LogP contribution in [-0.2, 0) is 12.8 Å². The topological polar surface area (TPSA) is 73.9 Å². The maximum atomic E-state index is 6.06. The van der Waals surface area contributed by atoms with E-state index < -0.39 is 0 Å². The molecule has 0 saturated carbocycles. The highest BCUT2D eigenvalue weighted by Crippen LogP contribution is 2.29. The van der Waals surface area contributed by atoms with Gasteiger partial charge in [0.15, 0.2) is 5.65 Å². The monoisotopic (exact) mass is 370 g/mol. The molecule has 0 unspecified atom stereocenters. The van der Waals surface area contributed by atoms with E-state index in [4.69, 9.17) is 15.5 Å². The van der Waals surface area contributed by atoms with Crippen LogP contribution in [0.4, 0.5) is 5.82 Å². The van der Waals surface area contributed by atoms with Crippen LogP contribution < -0.4 is 10.5 Å². The van der Waals surface area contributed by atoms with Crippen LogP contribution >= 0.6 is 0 Å². The minimum absolute atomic E-state index is 0.461. The van der Waals surface area contributed by atoms with Crippen molar-refractivity contribution in [2.75, 3.05) is 12.8 Å². The first kappa shape index (κ1) is 17.9. The van der Waals surface area contributed by atoms with Crippen LogP contribution in [0.5, 0.6) is 5.75 Å². The number of fused-ring (bicyclic) bond motifs is 1. The number of ether oxygens (including phenoxy) is 1. The fourth-order valence-corrected chi connectivity index (χ4v) is 3.36. The molecule has 0 aliphatic heterocycles. The fourth-order valence-electron chi connectivity index (χ4n) is 3.36. The van der Waals surface area contributed by atoms with Crippen LogP contribution in [0.2, 0.25) is 0 Å². The van der Waals surface area contributed by atoms with Crippen LogP contribution in [0.15, 0.2) is 67.0 Å². The second-order valence-electron chi connectivity index (χ2n) is 6.69. The quantitative estimate of drug-likeness (QED) is 0.542. The van der Waals surface area contributed by atoms with Crippen molar-refractivity contribution in [2.24, 2.45) is 0 Å². The summed E-state index contributed by atoms with van der Waals surface area (Å²) in [6, 6.07) is 20.6. The largest absolute Gasteiger partial charge is 0.497 e. The Kier molecular flexibility index (Phi) is 5.15. The lowest BCUT2D eigenvalue weighted by Gasteiger charge is -2.12. The second-order valence-corrected chi connectivity index (χ2v) is 6.69. The predicted octanol–water partition coefficient (Wildman–Crippen LogP) is 4.46. The molecule has 0 bridgehead atoms. The highest BCUT2D eigenvalue weighted by molar-refractivity contribution is 5.88. The Hall–Kier alpha value is -3.47. The van der Waals surface area contributed by atoms with Crippen molar-refractivity contribution in [3.05, 3.63) is 78.1 Å². The maximum Gasteiger partial charge on any atom is 0.165 e. The smallest absolute Gasteiger partial charge is 0.165 e. The highest BCUT2D eigenvalue weighted by Gasteiger charge is 2.12. The lowest BCUT2D eigenvalue weighted by molar-refractivity contribution is 0.415. The number of methoxy groups -OCH3 is 1. The van der Waals surface area contributed by atoms with E-state index in [-0.39, 0.29) is 0 Å². The van der Waals surface area contributed by atoms with Crippen LogP contribution in [0.25, 0.3) is 22.3 Å². The van der Waals surface area contributed by atoms with Gasteiger partial charge < -0.3 is 10.5 Å². The van der Waals surface area contributed by atoms with Crippen LogP contribution in [-0.4, -0.2) is 22.1 Å². The average Bonchev–Trinajstić information content (AvgIpc) is 2.75. The van der Waals surface area contributed by atoms with Gasteiger partial charge in [0.2, 0.25) is 0 Å². The summed E-state index contributed by atoms with van der Waals surface area (Å²) in [5, 5.41) is 0.800. The van der Waals surface area contributed by atoms with E-state index >= 15 is 0 Å². The molecule has 0 atom stereocenters. The minimum Gasteiger partial charge on any atom is -0.497 e. The molecule has 2 aromatic heterocycles. The molecule has 2 heterocycles. The third kappa shape index (κ3) is 3.78. The minimum atomic E-state index is 0.461. The summed E-state index contributed by atoms with van der Waals surface area (Å²) in [7, 11) is 1.66. The van der Waals surface area contributed by atoms with Gasteiger partial charge in [-0.15, -0.1) is 0 Å². The number of nitrogens with two attached hydrogens (primary N) is 1. The van der Waals surface area contributed by atoms with Crippen LogP contribution in [0.3, 0.4) is 0 Å². The zero-order valence-corrected chi connectivity index (χ0v) is 15.8. The lowest BCUT2D eigenvalue weighted by atomic mass is 9.98. The predicted molar refractivity (Wildman–Crippen MR) is 112 cm³/mol. The maximum absolute atomic E-state index is 6.06. The van der Waals surface area contributed by atoms with E-state index in [9.17, 15) is 0 Å². The number of hydrogen-bond donors (Lipinski definition) is 1. The summed E-state index contributed by atoms with van der Waals surface area (Å²) in [5.74, 6) is 1.28. The Morgan fingerprint density at radius 2 is 1.71 bits per heavy atom. The van der Waals surface area contributed by atoms with Gasteiger partial charge in [0, 0.05) is 5.56 Å². The molecule has 28 heavy (non-hydrogen) atoms. The molecule has 0 spiro atoms. The van der Waals surface area contributed by atoms with Crippen molar-refractivity contribution >= 4 is 16.9 Å². The number of benzene rings is 2. The number of nitrogen functional groups attached to an aromatic ring is 1. The summed E-state index contributed by atoms with van der Waals surface area (Å²) < 4.78 is 5.28. The Morgan fingerprint density at radius 3 is 2.46 bits per heavy atom. The SMILES string of the molecule is COc1ccc(-c2nc3ncnc(N)c3cc2CCCc2ccccc2)cc1. The molecule has 140 valence electrons. The molecule has 2 aromatic carbocycles. The molecule has 4 rings (SSSR count). The Balaban J connectivity index is 1.69. The van der Waals surface area contributed by atoms with Gasteiger partial charge in [-0.05, 0) is 60.7 Å². The van der Waals surface area contributed by atoms with Crippen LogP contribution in [0, 0.1) is 0 Å². The first-order valence-electron chi connectivity index (χ1n) is 9.33. The van der Waals surface area contributed by atoms with Gasteiger partial charge in [0.1, 0.15) is 17.9 Å². The van der Waals surface area contributed by atoms with Crippen molar-refractivity contribution in [1.82, 2.24) is 15.0 Å². The van der Waals surface area contributed by atoms with Crippen LogP contribution in [0.1, 0.15) is 17.5 Å². The number of aryl methyl sites for hydroxylation is 2. The Morgan fingerprint density at radius 1 is 0.929 bits per heavy atom. The van der Waals surface area contributed by atoms with Crippen molar-refractivity contribution in [3.63, 3.8) is 0 Å². The Bertz CT molecular complexity index is 1080. The molecular weight excluding hydrogens is 348 g/mol. The molecule has 0 aliphatic carbocycles. The lowest BCUT2D eigenvalue weighted by Crippen LogP contribution is -2.01. The summed E-state index contributed by atoms with van der Waals surface area (Å²) in [5.41, 5.74) is 11.1. The number of aromatic nitrogens is 3. The highest BCUT2D eigenvalue weighted by atomic mass is 16.5. The summed E-state index contributed by atoms with van der Waals surface area (Å²) in [6.45, 7) is 0. The van der Waals surface area contributed by atoms with Crippen molar-refractivity contribution in [2.45, 2.75) is 19.3 Å². The summed E-state index contributed by atoms with van der Waals surface area (Å²) in [4.78, 5) is 13.2. The molecule has 0 amide bonds. The average molecular weight is 370 g/mol. The van der Waals surface area contributed by atoms with Gasteiger partial charge in [-0.2, -0.15) is 0 Å². The molecular formula is C23H22N4O. The molecule has 5 heteroatoms. The number of nitrogens with zero attached hydrogens (tertiary/aromatic N) is 3. The zero-order chi connectivity index (χ0) is 19.3. The third-order valence-corrected chi connectivity index (χ3v) is 4.85. The van der Waals surface area contributed by atoms with Gasteiger partial charge in [0.05, 0.1) is 18.2 Å². The van der Waals surface area contributed by atoms with Gasteiger partial charge in [0.25, 0.3) is 0 Å². The van der Waals surface area contributed by atoms with Crippen molar-refractivity contribution in [3.8, 4) is 17.0 Å². The molecule has 0 fully saturated rings. The fraction of sp³-hybridized carbons (Fsp3) is 0.174. The first-order valence-corrected chi connectivity index (χ1v) is 9.33. The number of rotatable bonds is 6. The van der Waals surface area contributed by atoms with Gasteiger partial charge in [-0.1, -0.05) is 30.3 Å². The zero-order valence-electron chi connectivity index (χ0n) is 15.8. The standard InChI is InChI=1S/C23H22N4O/c1-28-19-12-10-17(11-13-19)21-18(9-5-8-16-6-3-2-4-7-16)14-20-22(24)25-15-26-23(20)27-21/h2-4,6-7,10-15H,5,8-9H2,1H3,(H2,24,25,26,27). The van der Waals surface area contributed by atoms with Crippen molar-refractivity contribution < 1.29 is 4.74 Å². The van der Waals surface area contributed by atoms with Gasteiger partial charge >= 0.3 is 0 Å². The summed E-state index contributed by atoms with van der Waals surface area (Å²) in [6.07, 6.45) is 4.39. The molecule has 0 aliphatic rings. The van der Waals surface area contributed by atoms with E-state index in [2.05, 4.69) is 40.3 Å². The summed E-state index contributed by atoms with van der Waals surface area (Å²) >= 11 is 0. The van der Waals surface area contributed by atoms with E-state index in [1.54, 1.807) is 7.11 Å². The molecule has 2 N–H and O–H groups in total. The van der Waals surface area contributed by atoms with E-state index in [1.807, 2.05) is 30.3 Å². The van der Waals surface area contributed by atoms with E-state index in [0.29, 0.717) is 11.5 Å². The number of pyridine rings is 1. The van der Waals surface area contributed by atoms with E-state index in [0.717, 1.165) is 47.2 Å².